The van der Waals surface area contributed by atoms with Crippen molar-refractivity contribution in [1.29, 1.82) is 0 Å². The normalized spacial score (nSPS) is 18.0. The zero-order chi connectivity index (χ0) is 15.4. The average molecular weight is 318 g/mol. The third-order valence-corrected chi connectivity index (χ3v) is 3.89. The van der Waals surface area contributed by atoms with Crippen molar-refractivity contribution in [2.75, 3.05) is 13.1 Å². The van der Waals surface area contributed by atoms with Gasteiger partial charge in [-0.3, -0.25) is 14.8 Å². The molecule has 1 aliphatic heterocycles. The van der Waals surface area contributed by atoms with E-state index in [2.05, 4.69) is 9.97 Å². The molecule has 0 N–H and O–H groups in total. The largest absolute Gasteiger partial charge is 0.487 e. The van der Waals surface area contributed by atoms with Crippen molar-refractivity contribution >= 4 is 17.5 Å². The van der Waals surface area contributed by atoms with Crippen LogP contribution >= 0.6 is 11.6 Å². The molecule has 0 bridgehead atoms. The zero-order valence-corrected chi connectivity index (χ0v) is 12.7. The Hall–Kier alpha value is -2.14. The molecule has 5 nitrogen and oxygen atoms in total. The maximum absolute atomic E-state index is 12.5. The summed E-state index contributed by atoms with van der Waals surface area (Å²) < 4.78 is 5.92. The fraction of sp³-hybridized carbons (Fsp3) is 0.312. The summed E-state index contributed by atoms with van der Waals surface area (Å²) in [5, 5.41) is 0.484. The summed E-state index contributed by atoms with van der Waals surface area (Å²) in [7, 11) is 0. The summed E-state index contributed by atoms with van der Waals surface area (Å²) in [6.07, 6.45) is 8.18. The summed E-state index contributed by atoms with van der Waals surface area (Å²) in [4.78, 5) is 22.2. The van der Waals surface area contributed by atoms with Crippen LogP contribution in [-0.4, -0.2) is 40.0 Å². The maximum Gasteiger partial charge on any atom is 0.255 e. The number of aromatic nitrogens is 2. The molecule has 114 valence electrons. The maximum atomic E-state index is 12.5. The summed E-state index contributed by atoms with van der Waals surface area (Å²) in [5.41, 5.74) is 0.602. The summed E-state index contributed by atoms with van der Waals surface area (Å²) >= 11 is 6.06. The highest BCUT2D eigenvalue weighted by atomic mass is 35.5. The monoisotopic (exact) mass is 317 g/mol. The first-order valence-electron chi connectivity index (χ1n) is 7.19. The molecular weight excluding hydrogens is 302 g/mol. The van der Waals surface area contributed by atoms with Crippen LogP contribution < -0.4 is 4.74 Å². The molecule has 0 saturated carbocycles. The van der Waals surface area contributed by atoms with Gasteiger partial charge in [0.15, 0.2) is 0 Å². The number of carbonyl (C=O) groups excluding carboxylic acids is 1. The van der Waals surface area contributed by atoms with E-state index in [0.29, 0.717) is 22.9 Å². The number of hydrogen-bond donors (Lipinski definition) is 0. The molecule has 1 amide bonds. The Morgan fingerprint density at radius 1 is 1.27 bits per heavy atom. The van der Waals surface area contributed by atoms with Crippen molar-refractivity contribution in [2.24, 2.45) is 0 Å². The van der Waals surface area contributed by atoms with E-state index in [4.69, 9.17) is 16.3 Å². The number of rotatable bonds is 3. The first kappa shape index (κ1) is 14.8. The molecule has 1 atom stereocenters. The minimum atomic E-state index is -0.0609. The molecule has 1 aliphatic rings. The van der Waals surface area contributed by atoms with Crippen molar-refractivity contribution in [1.82, 2.24) is 14.9 Å². The standard InChI is InChI=1S/C16H16ClN3O2/c17-14-10-19-7-5-15(14)22-13-4-2-8-20(11-13)16(21)12-3-1-6-18-9-12/h1,3,5-7,9-10,13H,2,4,8,11H2/t13-/m0/s1. The molecule has 1 fully saturated rings. The minimum Gasteiger partial charge on any atom is -0.487 e. The van der Waals surface area contributed by atoms with Gasteiger partial charge in [0.1, 0.15) is 16.9 Å². The van der Waals surface area contributed by atoms with Crippen LogP contribution in [0.4, 0.5) is 0 Å². The first-order valence-corrected chi connectivity index (χ1v) is 7.57. The van der Waals surface area contributed by atoms with Gasteiger partial charge in [0.25, 0.3) is 5.91 Å². The van der Waals surface area contributed by atoms with Crippen LogP contribution in [0.2, 0.25) is 5.02 Å². The molecule has 0 radical (unpaired) electrons. The summed E-state index contributed by atoms with van der Waals surface area (Å²) in [6.45, 7) is 1.28. The topological polar surface area (TPSA) is 55.3 Å². The molecule has 1 saturated heterocycles. The molecule has 2 aromatic heterocycles. The van der Waals surface area contributed by atoms with Gasteiger partial charge >= 0.3 is 0 Å². The van der Waals surface area contributed by atoms with Gasteiger partial charge in [0, 0.05) is 37.4 Å². The Morgan fingerprint density at radius 3 is 2.91 bits per heavy atom. The highest BCUT2D eigenvalue weighted by Crippen LogP contribution is 2.25. The van der Waals surface area contributed by atoms with E-state index < -0.39 is 0 Å². The van der Waals surface area contributed by atoms with Crippen LogP contribution in [0, 0.1) is 0 Å². The predicted molar refractivity (Wildman–Crippen MR) is 83.0 cm³/mol. The Morgan fingerprint density at radius 2 is 2.14 bits per heavy atom. The van der Waals surface area contributed by atoms with E-state index in [0.717, 1.165) is 19.4 Å². The second-order valence-electron chi connectivity index (χ2n) is 5.18. The number of amides is 1. The number of nitrogens with zero attached hydrogens (tertiary/aromatic N) is 3. The quantitative estimate of drug-likeness (QED) is 0.873. The van der Waals surface area contributed by atoms with Crippen molar-refractivity contribution in [3.8, 4) is 5.75 Å². The van der Waals surface area contributed by atoms with Gasteiger partial charge in [-0.2, -0.15) is 0 Å². The molecular formula is C16H16ClN3O2. The predicted octanol–water partition coefficient (Wildman–Crippen LogP) is 2.81. The number of piperidine rings is 1. The SMILES string of the molecule is O=C(c1cccnc1)N1CCC[C@H](Oc2ccncc2Cl)C1. The summed E-state index contributed by atoms with van der Waals surface area (Å²) in [5.74, 6) is 0.597. The van der Waals surface area contributed by atoms with Gasteiger partial charge in [-0.05, 0) is 25.0 Å². The van der Waals surface area contributed by atoms with Gasteiger partial charge in [-0.1, -0.05) is 11.6 Å². The lowest BCUT2D eigenvalue weighted by atomic mass is 10.1. The highest BCUT2D eigenvalue weighted by Gasteiger charge is 2.26. The van der Waals surface area contributed by atoms with Crippen molar-refractivity contribution < 1.29 is 9.53 Å². The van der Waals surface area contributed by atoms with Crippen molar-refractivity contribution in [3.05, 3.63) is 53.6 Å². The molecule has 0 spiro atoms. The van der Waals surface area contributed by atoms with Crippen LogP contribution in [0.1, 0.15) is 23.2 Å². The fourth-order valence-electron chi connectivity index (χ4n) is 2.53. The lowest BCUT2D eigenvalue weighted by Crippen LogP contribution is -2.44. The molecule has 3 heterocycles. The zero-order valence-electron chi connectivity index (χ0n) is 12.0. The second-order valence-corrected chi connectivity index (χ2v) is 5.59. The number of carbonyl (C=O) groups is 1. The Bertz CT molecular complexity index is 651. The number of pyridine rings is 2. The van der Waals surface area contributed by atoms with Crippen LogP contribution in [0.15, 0.2) is 43.0 Å². The molecule has 6 heteroatoms. The Balaban J connectivity index is 1.67. The molecule has 0 aromatic carbocycles. The van der Waals surface area contributed by atoms with E-state index in [1.807, 2.05) is 0 Å². The van der Waals surface area contributed by atoms with Crippen LogP contribution in [0.3, 0.4) is 0 Å². The lowest BCUT2D eigenvalue weighted by molar-refractivity contribution is 0.0537. The van der Waals surface area contributed by atoms with E-state index in [9.17, 15) is 4.79 Å². The molecule has 22 heavy (non-hydrogen) atoms. The molecule has 0 aliphatic carbocycles. The lowest BCUT2D eigenvalue weighted by Gasteiger charge is -2.33. The van der Waals surface area contributed by atoms with Crippen LogP contribution in [0.5, 0.6) is 5.75 Å². The first-order chi connectivity index (χ1) is 10.7. The smallest absolute Gasteiger partial charge is 0.255 e. The van der Waals surface area contributed by atoms with Crippen molar-refractivity contribution in [3.63, 3.8) is 0 Å². The van der Waals surface area contributed by atoms with E-state index in [1.54, 1.807) is 47.9 Å². The molecule has 0 unspecified atom stereocenters. The van der Waals surface area contributed by atoms with E-state index in [-0.39, 0.29) is 12.0 Å². The number of halogens is 1. The van der Waals surface area contributed by atoms with Gasteiger partial charge < -0.3 is 9.64 Å². The third-order valence-electron chi connectivity index (χ3n) is 3.60. The highest BCUT2D eigenvalue weighted by molar-refractivity contribution is 6.31. The number of ether oxygens (including phenoxy) is 1. The van der Waals surface area contributed by atoms with Crippen LogP contribution in [0.25, 0.3) is 0 Å². The Labute approximate surface area is 133 Å². The molecule has 3 rings (SSSR count). The Kier molecular flexibility index (Phi) is 4.53. The molecule has 2 aromatic rings. The van der Waals surface area contributed by atoms with Gasteiger partial charge in [-0.15, -0.1) is 0 Å². The van der Waals surface area contributed by atoms with Gasteiger partial charge in [0.2, 0.25) is 0 Å². The number of hydrogen-bond acceptors (Lipinski definition) is 4. The minimum absolute atomic E-state index is 0.0118. The van der Waals surface area contributed by atoms with Gasteiger partial charge in [-0.25, -0.2) is 0 Å². The third kappa shape index (κ3) is 3.36. The van der Waals surface area contributed by atoms with E-state index in [1.165, 1.54) is 0 Å². The average Bonchev–Trinajstić information content (AvgIpc) is 2.57. The number of likely N-dealkylation sites (tertiary alicyclic amines) is 1. The summed E-state index contributed by atoms with van der Waals surface area (Å²) in [6, 6.07) is 5.28. The fourth-order valence-corrected chi connectivity index (χ4v) is 2.69. The van der Waals surface area contributed by atoms with Crippen molar-refractivity contribution in [2.45, 2.75) is 18.9 Å². The second kappa shape index (κ2) is 6.75. The van der Waals surface area contributed by atoms with Crippen LogP contribution in [-0.2, 0) is 0 Å². The van der Waals surface area contributed by atoms with E-state index >= 15 is 0 Å². The van der Waals surface area contributed by atoms with Gasteiger partial charge in [0.05, 0.1) is 12.1 Å².